The second-order valence-corrected chi connectivity index (χ2v) is 3.83. The zero-order valence-corrected chi connectivity index (χ0v) is 9.62. The lowest BCUT2D eigenvalue weighted by Gasteiger charge is -1.95. The molecular formula is C13H8FN3O2. The van der Waals surface area contributed by atoms with Crippen molar-refractivity contribution < 1.29 is 14.0 Å². The molecule has 0 bridgehead atoms. The molecule has 0 amide bonds. The average molecular weight is 257 g/mol. The summed E-state index contributed by atoms with van der Waals surface area (Å²) in [4.78, 5) is 7.89. The summed E-state index contributed by atoms with van der Waals surface area (Å²) in [6.45, 7) is 0. The van der Waals surface area contributed by atoms with Crippen LogP contribution < -0.4 is 0 Å². The minimum atomic E-state index is -0.427. The first kappa shape index (κ1) is 11.3. The van der Waals surface area contributed by atoms with Crippen molar-refractivity contribution in [2.24, 2.45) is 0 Å². The number of pyridine rings is 1. The van der Waals surface area contributed by atoms with Gasteiger partial charge in [-0.05, 0) is 18.2 Å². The van der Waals surface area contributed by atoms with Crippen LogP contribution in [0.3, 0.4) is 0 Å². The highest BCUT2D eigenvalue weighted by molar-refractivity contribution is 5.60. The normalized spacial score (nSPS) is 10.6. The maximum Gasteiger partial charge on any atom is 0.259 e. The van der Waals surface area contributed by atoms with Crippen LogP contribution in [0.15, 0.2) is 47.2 Å². The van der Waals surface area contributed by atoms with Crippen LogP contribution in [0.1, 0.15) is 0 Å². The van der Waals surface area contributed by atoms with E-state index < -0.39 is 5.82 Å². The number of aromatic hydroxyl groups is 1. The topological polar surface area (TPSA) is 72.0 Å². The van der Waals surface area contributed by atoms with Crippen molar-refractivity contribution in [3.8, 4) is 28.6 Å². The van der Waals surface area contributed by atoms with Crippen LogP contribution in [-0.4, -0.2) is 20.2 Å². The van der Waals surface area contributed by atoms with Crippen LogP contribution in [0.5, 0.6) is 5.75 Å². The van der Waals surface area contributed by atoms with Crippen molar-refractivity contribution >= 4 is 0 Å². The van der Waals surface area contributed by atoms with Crippen LogP contribution in [0.2, 0.25) is 0 Å². The van der Waals surface area contributed by atoms with Gasteiger partial charge < -0.3 is 9.63 Å². The molecule has 19 heavy (non-hydrogen) atoms. The van der Waals surface area contributed by atoms with E-state index in [0.29, 0.717) is 5.56 Å². The van der Waals surface area contributed by atoms with Crippen LogP contribution in [0.25, 0.3) is 22.8 Å². The summed E-state index contributed by atoms with van der Waals surface area (Å²) in [6.07, 6.45) is 2.76. The second kappa shape index (κ2) is 4.49. The van der Waals surface area contributed by atoms with Gasteiger partial charge in [0.15, 0.2) is 0 Å². The molecule has 0 aliphatic heterocycles. The van der Waals surface area contributed by atoms with Gasteiger partial charge in [0.05, 0.1) is 17.3 Å². The lowest BCUT2D eigenvalue weighted by atomic mass is 10.2. The van der Waals surface area contributed by atoms with Crippen molar-refractivity contribution in [2.45, 2.75) is 0 Å². The molecule has 0 spiro atoms. The predicted octanol–water partition coefficient (Wildman–Crippen LogP) is 2.64. The molecule has 0 aliphatic carbocycles. The molecule has 5 nitrogen and oxygen atoms in total. The molecule has 94 valence electrons. The Bertz CT molecular complexity index is 727. The molecule has 2 heterocycles. The highest BCUT2D eigenvalue weighted by Crippen LogP contribution is 2.24. The first-order chi connectivity index (χ1) is 9.24. The van der Waals surface area contributed by atoms with Gasteiger partial charge in [-0.15, -0.1) is 0 Å². The lowest BCUT2D eigenvalue weighted by molar-refractivity contribution is 0.430. The quantitative estimate of drug-likeness (QED) is 0.764. The third-order valence-corrected chi connectivity index (χ3v) is 2.51. The number of nitrogens with zero attached hydrogens (tertiary/aromatic N) is 3. The summed E-state index contributed by atoms with van der Waals surface area (Å²) in [5, 5.41) is 13.0. The molecule has 0 atom stereocenters. The summed E-state index contributed by atoms with van der Waals surface area (Å²) in [7, 11) is 0. The highest BCUT2D eigenvalue weighted by Gasteiger charge is 2.13. The Balaban J connectivity index is 2.03. The molecule has 0 aliphatic rings. The molecule has 0 saturated heterocycles. The maximum atomic E-state index is 13.6. The van der Waals surface area contributed by atoms with Crippen molar-refractivity contribution in [1.29, 1.82) is 0 Å². The predicted molar refractivity (Wildman–Crippen MR) is 64.6 cm³/mol. The Labute approximate surface area is 107 Å². The summed E-state index contributed by atoms with van der Waals surface area (Å²) >= 11 is 0. The first-order valence-electron chi connectivity index (χ1n) is 5.47. The van der Waals surface area contributed by atoms with Gasteiger partial charge in [0.2, 0.25) is 5.82 Å². The Morgan fingerprint density at radius 1 is 1.16 bits per heavy atom. The van der Waals surface area contributed by atoms with Gasteiger partial charge in [-0.25, -0.2) is 4.39 Å². The third-order valence-electron chi connectivity index (χ3n) is 2.51. The van der Waals surface area contributed by atoms with Gasteiger partial charge in [-0.2, -0.15) is 4.98 Å². The van der Waals surface area contributed by atoms with Gasteiger partial charge >= 0.3 is 0 Å². The number of hydrogen-bond acceptors (Lipinski definition) is 5. The summed E-state index contributed by atoms with van der Waals surface area (Å²) < 4.78 is 18.6. The fourth-order valence-corrected chi connectivity index (χ4v) is 1.64. The van der Waals surface area contributed by atoms with Gasteiger partial charge in [0.25, 0.3) is 5.89 Å². The Morgan fingerprint density at radius 3 is 2.79 bits per heavy atom. The molecule has 1 N–H and O–H groups in total. The molecule has 6 heteroatoms. The van der Waals surface area contributed by atoms with E-state index in [4.69, 9.17) is 4.52 Å². The van der Waals surface area contributed by atoms with Gasteiger partial charge in [-0.3, -0.25) is 4.98 Å². The zero-order valence-electron chi connectivity index (χ0n) is 9.62. The van der Waals surface area contributed by atoms with Gasteiger partial charge in [0, 0.05) is 6.20 Å². The SMILES string of the molecule is Oc1cncc(-c2nc(-c3ccccc3F)no2)c1. The lowest BCUT2D eigenvalue weighted by Crippen LogP contribution is -1.86. The van der Waals surface area contributed by atoms with E-state index in [0.717, 1.165) is 0 Å². The molecule has 0 saturated carbocycles. The van der Waals surface area contributed by atoms with Crippen LogP contribution in [0, 0.1) is 5.82 Å². The first-order valence-corrected chi connectivity index (χ1v) is 5.47. The molecule has 0 radical (unpaired) electrons. The Hall–Kier alpha value is -2.76. The molecule has 0 fully saturated rings. The molecule has 1 aromatic carbocycles. The van der Waals surface area contributed by atoms with Crippen LogP contribution in [-0.2, 0) is 0 Å². The summed E-state index contributed by atoms with van der Waals surface area (Å²) in [5.74, 6) is -0.120. The van der Waals surface area contributed by atoms with E-state index in [2.05, 4.69) is 15.1 Å². The standard InChI is InChI=1S/C13H8FN3O2/c14-11-4-2-1-3-10(11)12-16-13(19-17-12)8-5-9(18)7-15-6-8/h1-7,18H. The van der Waals surface area contributed by atoms with Crippen LogP contribution in [0.4, 0.5) is 4.39 Å². The number of rotatable bonds is 2. The number of aromatic nitrogens is 3. The van der Waals surface area contributed by atoms with Crippen molar-refractivity contribution in [3.05, 3.63) is 48.5 Å². The van der Waals surface area contributed by atoms with E-state index in [1.54, 1.807) is 18.2 Å². The van der Waals surface area contributed by atoms with Crippen molar-refractivity contribution in [2.75, 3.05) is 0 Å². The Morgan fingerprint density at radius 2 is 2.00 bits per heavy atom. The largest absolute Gasteiger partial charge is 0.506 e. The smallest absolute Gasteiger partial charge is 0.259 e. The fraction of sp³-hybridized carbons (Fsp3) is 0. The average Bonchev–Trinajstić information content (AvgIpc) is 2.89. The minimum Gasteiger partial charge on any atom is -0.506 e. The van der Waals surface area contributed by atoms with E-state index >= 15 is 0 Å². The molecule has 3 aromatic rings. The molecule has 0 unspecified atom stereocenters. The van der Waals surface area contributed by atoms with Gasteiger partial charge in [0.1, 0.15) is 11.6 Å². The molecular weight excluding hydrogens is 249 g/mol. The monoisotopic (exact) mass is 257 g/mol. The van der Waals surface area contributed by atoms with E-state index in [-0.39, 0.29) is 23.0 Å². The van der Waals surface area contributed by atoms with Crippen LogP contribution >= 0.6 is 0 Å². The van der Waals surface area contributed by atoms with E-state index in [1.165, 1.54) is 24.5 Å². The molecule has 3 rings (SSSR count). The number of benzene rings is 1. The maximum absolute atomic E-state index is 13.6. The van der Waals surface area contributed by atoms with Crippen molar-refractivity contribution in [1.82, 2.24) is 15.1 Å². The zero-order chi connectivity index (χ0) is 13.2. The Kier molecular flexibility index (Phi) is 2.68. The third kappa shape index (κ3) is 2.15. The van der Waals surface area contributed by atoms with Crippen molar-refractivity contribution in [3.63, 3.8) is 0 Å². The number of halogens is 1. The fourth-order valence-electron chi connectivity index (χ4n) is 1.64. The highest BCUT2D eigenvalue weighted by atomic mass is 19.1. The second-order valence-electron chi connectivity index (χ2n) is 3.83. The number of hydrogen-bond donors (Lipinski definition) is 1. The summed E-state index contributed by atoms with van der Waals surface area (Å²) in [5.41, 5.74) is 0.723. The summed E-state index contributed by atoms with van der Waals surface area (Å²) in [6, 6.07) is 7.58. The van der Waals surface area contributed by atoms with E-state index in [9.17, 15) is 9.50 Å². The van der Waals surface area contributed by atoms with E-state index in [1.807, 2.05) is 0 Å². The molecule has 2 aromatic heterocycles. The minimum absolute atomic E-state index is 0.0110. The van der Waals surface area contributed by atoms with Gasteiger partial charge in [-0.1, -0.05) is 17.3 Å².